The van der Waals surface area contributed by atoms with Crippen LogP contribution in [0.5, 0.6) is 11.5 Å². The Balaban J connectivity index is 1.93. The average molecular weight is 322 g/mol. The van der Waals surface area contributed by atoms with Crippen molar-refractivity contribution in [1.29, 1.82) is 0 Å². The van der Waals surface area contributed by atoms with Gasteiger partial charge in [-0.25, -0.2) is 0 Å². The number of likely N-dealkylation sites (N-methyl/N-ethyl adjacent to an activating group) is 1. The standard InChI is InChI=1S/C21H24NO2/c1-5-22(3)18-11-7-6-10-17(18)15(2)21(22)14-13-16-9-8-12-19(23-4)20(16)24-21/h6-15H,5H2,1-4H3/q+1. The van der Waals surface area contributed by atoms with Crippen LogP contribution in [-0.4, -0.2) is 26.4 Å². The first-order valence-corrected chi connectivity index (χ1v) is 8.58. The highest BCUT2D eigenvalue weighted by Gasteiger charge is 2.62. The molecule has 2 aromatic rings. The number of fused-ring (bicyclic) bond motifs is 2. The summed E-state index contributed by atoms with van der Waals surface area (Å²) in [6, 6.07) is 14.8. The van der Waals surface area contributed by atoms with Crippen LogP contribution in [0.1, 0.15) is 30.9 Å². The Hall–Kier alpha value is -2.26. The quantitative estimate of drug-likeness (QED) is 0.754. The van der Waals surface area contributed by atoms with Gasteiger partial charge in [0.1, 0.15) is 5.69 Å². The van der Waals surface area contributed by atoms with E-state index in [2.05, 4.69) is 63.4 Å². The summed E-state index contributed by atoms with van der Waals surface area (Å²) in [6.07, 6.45) is 4.44. The molecule has 124 valence electrons. The van der Waals surface area contributed by atoms with Gasteiger partial charge in [-0.15, -0.1) is 0 Å². The van der Waals surface area contributed by atoms with Crippen molar-refractivity contribution < 1.29 is 9.47 Å². The largest absolute Gasteiger partial charge is 0.493 e. The van der Waals surface area contributed by atoms with Gasteiger partial charge in [-0.3, -0.25) is 4.48 Å². The number of benzene rings is 2. The van der Waals surface area contributed by atoms with Crippen molar-refractivity contribution in [1.82, 2.24) is 4.48 Å². The van der Waals surface area contributed by atoms with Crippen molar-refractivity contribution in [3.05, 3.63) is 59.7 Å². The van der Waals surface area contributed by atoms with Gasteiger partial charge in [-0.05, 0) is 32.1 Å². The topological polar surface area (TPSA) is 18.5 Å². The number of methoxy groups -OCH3 is 1. The minimum atomic E-state index is -0.444. The lowest BCUT2D eigenvalue weighted by Crippen LogP contribution is -2.65. The number of nitrogens with zero attached hydrogens (tertiary/aromatic N) is 1. The fourth-order valence-electron chi connectivity index (χ4n) is 4.40. The highest BCUT2D eigenvalue weighted by Crippen LogP contribution is 2.55. The van der Waals surface area contributed by atoms with Gasteiger partial charge >= 0.3 is 0 Å². The molecule has 3 atom stereocenters. The number of para-hydroxylation sites is 2. The summed E-state index contributed by atoms with van der Waals surface area (Å²) in [6.45, 7) is 5.45. The van der Waals surface area contributed by atoms with Crippen molar-refractivity contribution in [3.8, 4) is 11.5 Å². The summed E-state index contributed by atoms with van der Waals surface area (Å²) in [5.74, 6) is 1.90. The van der Waals surface area contributed by atoms with E-state index >= 15 is 0 Å². The third-order valence-electron chi connectivity index (χ3n) is 5.96. The number of quaternary nitrogens is 1. The van der Waals surface area contributed by atoms with Crippen LogP contribution in [0.2, 0.25) is 0 Å². The monoisotopic (exact) mass is 322 g/mol. The molecule has 0 radical (unpaired) electrons. The van der Waals surface area contributed by atoms with E-state index in [0.29, 0.717) is 0 Å². The molecular weight excluding hydrogens is 298 g/mol. The average Bonchev–Trinajstić information content (AvgIpc) is 2.81. The Morgan fingerprint density at radius 1 is 1.17 bits per heavy atom. The van der Waals surface area contributed by atoms with Gasteiger partial charge in [-0.1, -0.05) is 30.3 Å². The predicted octanol–water partition coefficient (Wildman–Crippen LogP) is 4.57. The fourth-order valence-corrected chi connectivity index (χ4v) is 4.40. The van der Waals surface area contributed by atoms with Crippen LogP contribution < -0.4 is 14.0 Å². The highest BCUT2D eigenvalue weighted by atomic mass is 16.5. The lowest BCUT2D eigenvalue weighted by molar-refractivity contribution is -0.0267. The summed E-state index contributed by atoms with van der Waals surface area (Å²) in [7, 11) is 3.97. The molecule has 0 aromatic heterocycles. The molecule has 0 amide bonds. The number of hydrogen-bond donors (Lipinski definition) is 0. The zero-order valence-electron chi connectivity index (χ0n) is 14.7. The SMILES string of the molecule is CC[N+]1(C)c2ccccc2C(C)C12C=Cc1cccc(OC)c1O2. The summed E-state index contributed by atoms with van der Waals surface area (Å²) in [5.41, 5.74) is 3.34. The van der Waals surface area contributed by atoms with Crippen LogP contribution in [0, 0.1) is 0 Å². The molecule has 2 aliphatic rings. The van der Waals surface area contributed by atoms with E-state index in [1.165, 1.54) is 11.3 Å². The van der Waals surface area contributed by atoms with E-state index in [4.69, 9.17) is 9.47 Å². The fraction of sp³-hybridized carbons (Fsp3) is 0.333. The first kappa shape index (κ1) is 15.3. The molecule has 0 saturated carbocycles. The van der Waals surface area contributed by atoms with E-state index in [-0.39, 0.29) is 5.92 Å². The minimum Gasteiger partial charge on any atom is -0.493 e. The number of ether oxygens (including phenoxy) is 2. The van der Waals surface area contributed by atoms with Gasteiger partial charge in [0, 0.05) is 17.2 Å². The van der Waals surface area contributed by atoms with E-state index in [1.54, 1.807) is 7.11 Å². The molecule has 4 rings (SSSR count). The second kappa shape index (κ2) is 5.12. The second-order valence-electron chi connectivity index (χ2n) is 6.85. The highest BCUT2D eigenvalue weighted by molar-refractivity contribution is 5.70. The van der Waals surface area contributed by atoms with Crippen LogP contribution in [0.15, 0.2) is 48.5 Å². The summed E-state index contributed by atoms with van der Waals surface area (Å²) >= 11 is 0. The molecule has 0 N–H and O–H groups in total. The first-order chi connectivity index (χ1) is 11.6. The van der Waals surface area contributed by atoms with Gasteiger partial charge in [0.05, 0.1) is 26.6 Å². The van der Waals surface area contributed by atoms with Crippen molar-refractivity contribution in [3.63, 3.8) is 0 Å². The van der Waals surface area contributed by atoms with E-state index in [9.17, 15) is 0 Å². The molecule has 3 unspecified atom stereocenters. The molecule has 0 aliphatic carbocycles. The van der Waals surface area contributed by atoms with Crippen LogP contribution in [0.4, 0.5) is 5.69 Å². The zero-order chi connectivity index (χ0) is 16.9. The number of rotatable bonds is 2. The molecule has 1 spiro atoms. The molecular formula is C21H24NO2+. The van der Waals surface area contributed by atoms with E-state index < -0.39 is 5.72 Å². The Morgan fingerprint density at radius 2 is 1.96 bits per heavy atom. The van der Waals surface area contributed by atoms with Crippen LogP contribution >= 0.6 is 0 Å². The molecule has 24 heavy (non-hydrogen) atoms. The van der Waals surface area contributed by atoms with E-state index in [1.807, 2.05) is 12.1 Å². The van der Waals surface area contributed by atoms with Crippen molar-refractivity contribution in [2.75, 3.05) is 20.7 Å². The third kappa shape index (κ3) is 1.71. The van der Waals surface area contributed by atoms with Crippen LogP contribution in [-0.2, 0) is 0 Å². The smallest absolute Gasteiger partial charge is 0.274 e. The minimum absolute atomic E-state index is 0.257. The molecule has 0 bridgehead atoms. The summed E-state index contributed by atoms with van der Waals surface area (Å²) < 4.78 is 13.1. The lowest BCUT2D eigenvalue weighted by Gasteiger charge is -2.46. The Kier molecular flexibility index (Phi) is 3.26. The van der Waals surface area contributed by atoms with Gasteiger partial charge in [0.25, 0.3) is 5.72 Å². The Bertz CT molecular complexity index is 828. The first-order valence-electron chi connectivity index (χ1n) is 8.58. The van der Waals surface area contributed by atoms with Gasteiger partial charge in [0.15, 0.2) is 11.5 Å². The van der Waals surface area contributed by atoms with E-state index in [0.717, 1.165) is 28.1 Å². The summed E-state index contributed by atoms with van der Waals surface area (Å²) in [4.78, 5) is 0. The summed E-state index contributed by atoms with van der Waals surface area (Å²) in [5, 5.41) is 0. The molecule has 0 fully saturated rings. The molecule has 2 heterocycles. The van der Waals surface area contributed by atoms with Gasteiger partial charge in [-0.2, -0.15) is 0 Å². The van der Waals surface area contributed by atoms with Gasteiger partial charge in [0.2, 0.25) is 0 Å². The van der Waals surface area contributed by atoms with Gasteiger partial charge < -0.3 is 9.47 Å². The molecule has 2 aromatic carbocycles. The normalized spacial score (nSPS) is 29.9. The Morgan fingerprint density at radius 3 is 2.71 bits per heavy atom. The zero-order valence-corrected chi connectivity index (χ0v) is 14.7. The molecule has 3 nitrogen and oxygen atoms in total. The third-order valence-corrected chi connectivity index (χ3v) is 5.96. The predicted molar refractivity (Wildman–Crippen MR) is 98.5 cm³/mol. The maximum Gasteiger partial charge on any atom is 0.274 e. The second-order valence-corrected chi connectivity index (χ2v) is 6.85. The van der Waals surface area contributed by atoms with Crippen molar-refractivity contribution in [2.24, 2.45) is 0 Å². The van der Waals surface area contributed by atoms with Crippen molar-refractivity contribution in [2.45, 2.75) is 25.5 Å². The Labute approximate surface area is 143 Å². The van der Waals surface area contributed by atoms with Crippen LogP contribution in [0.3, 0.4) is 0 Å². The maximum atomic E-state index is 6.76. The molecule has 3 heteroatoms. The maximum absolute atomic E-state index is 6.76. The number of hydrogen-bond acceptors (Lipinski definition) is 2. The lowest BCUT2D eigenvalue weighted by atomic mass is 9.90. The molecule has 2 aliphatic heterocycles. The molecule has 0 saturated heterocycles. The van der Waals surface area contributed by atoms with Crippen molar-refractivity contribution >= 4 is 11.8 Å². The van der Waals surface area contributed by atoms with Crippen LogP contribution in [0.25, 0.3) is 6.08 Å².